The lowest BCUT2D eigenvalue weighted by atomic mass is 9.99. The van der Waals surface area contributed by atoms with Crippen molar-refractivity contribution < 1.29 is 10.0 Å². The molecule has 0 spiro atoms. The van der Waals surface area contributed by atoms with Crippen molar-refractivity contribution in [3.63, 3.8) is 0 Å². The fraction of sp³-hybridized carbons (Fsp3) is 0.667. The molecule has 2 rings (SSSR count). The zero-order valence-electron chi connectivity index (χ0n) is 10.6. The number of nitro groups is 1. The summed E-state index contributed by atoms with van der Waals surface area (Å²) in [6.45, 7) is 5.57. The molecular weight excluding hydrogens is 252 g/mol. The summed E-state index contributed by atoms with van der Waals surface area (Å²) in [5, 5.41) is 21.3. The fourth-order valence-electron chi connectivity index (χ4n) is 2.16. The van der Waals surface area contributed by atoms with Crippen LogP contribution in [0.1, 0.15) is 37.7 Å². The Kier molecular flexibility index (Phi) is 3.87. The highest BCUT2D eigenvalue weighted by Crippen LogP contribution is 2.41. The molecule has 0 unspecified atom stereocenters. The molecule has 1 fully saturated rings. The summed E-state index contributed by atoms with van der Waals surface area (Å²) in [5.74, 6) is 0.691. The topological polar surface area (TPSA) is 66.6 Å². The smallest absolute Gasteiger partial charge is 0.304 e. The van der Waals surface area contributed by atoms with Gasteiger partial charge in [0.25, 0.3) is 0 Å². The first-order chi connectivity index (χ1) is 8.49. The Labute approximate surface area is 110 Å². The summed E-state index contributed by atoms with van der Waals surface area (Å²) in [6.07, 6.45) is 1.49. The number of anilines is 1. The number of hydrogen-bond donors (Lipinski definition) is 1. The number of aliphatic hydroxyl groups is 1. The second kappa shape index (κ2) is 5.24. The summed E-state index contributed by atoms with van der Waals surface area (Å²) < 4.78 is 0. The van der Waals surface area contributed by atoms with Crippen molar-refractivity contribution in [3.8, 4) is 0 Å². The first-order valence-electron chi connectivity index (χ1n) is 6.20. The summed E-state index contributed by atoms with van der Waals surface area (Å²) in [4.78, 5) is 13.5. The molecule has 5 nitrogen and oxygen atoms in total. The van der Waals surface area contributed by atoms with Crippen LogP contribution in [0, 0.1) is 16.0 Å². The van der Waals surface area contributed by atoms with Gasteiger partial charge < -0.3 is 10.0 Å². The molecule has 1 saturated heterocycles. The molecule has 1 N–H and O–H groups in total. The molecule has 0 saturated carbocycles. The van der Waals surface area contributed by atoms with E-state index in [9.17, 15) is 15.2 Å². The van der Waals surface area contributed by atoms with Crippen LogP contribution in [-0.4, -0.2) is 23.1 Å². The van der Waals surface area contributed by atoms with E-state index in [-0.39, 0.29) is 10.6 Å². The van der Waals surface area contributed by atoms with E-state index >= 15 is 0 Å². The van der Waals surface area contributed by atoms with Crippen molar-refractivity contribution in [1.82, 2.24) is 0 Å². The molecular formula is C12H18N2O3S. The maximum absolute atomic E-state index is 11.1. The van der Waals surface area contributed by atoms with Crippen LogP contribution in [0.5, 0.6) is 0 Å². The fourth-order valence-corrected chi connectivity index (χ4v) is 3.28. The minimum absolute atomic E-state index is 0.130. The Morgan fingerprint density at radius 2 is 2.17 bits per heavy atom. The van der Waals surface area contributed by atoms with Crippen molar-refractivity contribution in [2.24, 2.45) is 5.92 Å². The highest BCUT2D eigenvalue weighted by atomic mass is 32.1. The molecule has 1 aliphatic rings. The van der Waals surface area contributed by atoms with Crippen molar-refractivity contribution in [1.29, 1.82) is 0 Å². The average molecular weight is 270 g/mol. The molecule has 2 heterocycles. The van der Waals surface area contributed by atoms with Gasteiger partial charge in [0.1, 0.15) is 0 Å². The zero-order chi connectivity index (χ0) is 13.3. The monoisotopic (exact) mass is 270 g/mol. The van der Waals surface area contributed by atoms with Crippen molar-refractivity contribution in [3.05, 3.63) is 21.1 Å². The number of nitrogens with zero attached hydrogens (tertiary/aromatic N) is 2. The van der Waals surface area contributed by atoms with Crippen LogP contribution in [0.4, 0.5) is 10.7 Å². The first kappa shape index (κ1) is 13.3. The third-order valence-corrected chi connectivity index (χ3v) is 4.75. The predicted molar refractivity (Wildman–Crippen MR) is 72.2 cm³/mol. The van der Waals surface area contributed by atoms with Crippen LogP contribution >= 0.6 is 11.3 Å². The maximum atomic E-state index is 11.1. The molecule has 1 aliphatic heterocycles. The van der Waals surface area contributed by atoms with Gasteiger partial charge in [-0.2, -0.15) is 0 Å². The minimum atomic E-state index is -0.647. The molecule has 0 aromatic carbocycles. The van der Waals surface area contributed by atoms with Crippen LogP contribution in [-0.2, 0) is 0 Å². The lowest BCUT2D eigenvalue weighted by Gasteiger charge is -2.30. The number of rotatable bonds is 3. The van der Waals surface area contributed by atoms with Gasteiger partial charge in [0.05, 0.1) is 11.0 Å². The van der Waals surface area contributed by atoms with Crippen molar-refractivity contribution in [2.45, 2.75) is 32.8 Å². The first-order valence-corrected chi connectivity index (χ1v) is 7.01. The molecule has 1 atom stereocenters. The number of hydrogen-bond acceptors (Lipinski definition) is 5. The Balaban J connectivity index is 2.28. The molecule has 0 bridgehead atoms. The Bertz CT molecular complexity index is 437. The normalized spacial score (nSPS) is 18.9. The van der Waals surface area contributed by atoms with Gasteiger partial charge in [-0.3, -0.25) is 10.1 Å². The van der Waals surface area contributed by atoms with Gasteiger partial charge in [0, 0.05) is 24.0 Å². The summed E-state index contributed by atoms with van der Waals surface area (Å²) in [5.41, 5.74) is 0.130. The molecule has 18 heavy (non-hydrogen) atoms. The Morgan fingerprint density at radius 1 is 1.56 bits per heavy atom. The molecule has 0 amide bonds. The molecule has 0 aliphatic carbocycles. The van der Waals surface area contributed by atoms with Gasteiger partial charge in [0.2, 0.25) is 0 Å². The quantitative estimate of drug-likeness (QED) is 0.677. The molecule has 6 heteroatoms. The van der Waals surface area contributed by atoms with Gasteiger partial charge in [-0.25, -0.2) is 0 Å². The van der Waals surface area contributed by atoms with Crippen LogP contribution in [0.15, 0.2) is 6.07 Å². The number of aliphatic hydroxyl groups excluding tert-OH is 1. The van der Waals surface area contributed by atoms with E-state index < -0.39 is 6.10 Å². The van der Waals surface area contributed by atoms with E-state index in [4.69, 9.17) is 0 Å². The van der Waals surface area contributed by atoms with E-state index in [2.05, 4.69) is 11.8 Å². The lowest BCUT2D eigenvalue weighted by molar-refractivity contribution is -0.383. The third kappa shape index (κ3) is 2.64. The van der Waals surface area contributed by atoms with E-state index in [0.717, 1.165) is 25.9 Å². The third-order valence-electron chi connectivity index (χ3n) is 3.39. The molecule has 100 valence electrons. The Hall–Kier alpha value is -1.14. The van der Waals surface area contributed by atoms with Crippen LogP contribution < -0.4 is 4.90 Å². The highest BCUT2D eigenvalue weighted by Gasteiger charge is 2.27. The van der Waals surface area contributed by atoms with Crippen LogP contribution in [0.3, 0.4) is 0 Å². The van der Waals surface area contributed by atoms with Crippen molar-refractivity contribution >= 4 is 22.0 Å². The van der Waals surface area contributed by atoms with E-state index in [1.165, 1.54) is 17.4 Å². The van der Waals surface area contributed by atoms with Gasteiger partial charge in [0.15, 0.2) is 5.00 Å². The second-order valence-corrected chi connectivity index (χ2v) is 6.00. The highest BCUT2D eigenvalue weighted by molar-refractivity contribution is 7.16. The number of thiophene rings is 1. The number of piperidine rings is 1. The zero-order valence-corrected chi connectivity index (χ0v) is 11.4. The van der Waals surface area contributed by atoms with Gasteiger partial charge in [-0.05, 0) is 25.7 Å². The second-order valence-electron chi connectivity index (χ2n) is 4.94. The molecule has 1 aromatic rings. The van der Waals surface area contributed by atoms with E-state index in [0.29, 0.717) is 15.8 Å². The average Bonchev–Trinajstić information content (AvgIpc) is 2.75. The van der Waals surface area contributed by atoms with Crippen LogP contribution in [0.25, 0.3) is 0 Å². The summed E-state index contributed by atoms with van der Waals surface area (Å²) >= 11 is 1.34. The largest absolute Gasteiger partial charge is 0.388 e. The minimum Gasteiger partial charge on any atom is -0.388 e. The Morgan fingerprint density at radius 3 is 2.67 bits per heavy atom. The SMILES string of the molecule is CC1CCN(c2sc([C@@H](C)O)cc2[N+](=O)[O-])CC1. The summed E-state index contributed by atoms with van der Waals surface area (Å²) in [7, 11) is 0. The van der Waals surface area contributed by atoms with E-state index in [1.807, 2.05) is 0 Å². The summed E-state index contributed by atoms with van der Waals surface area (Å²) in [6, 6.07) is 1.50. The van der Waals surface area contributed by atoms with Gasteiger partial charge >= 0.3 is 5.69 Å². The molecule has 1 aromatic heterocycles. The predicted octanol–water partition coefficient (Wildman–Crippen LogP) is 2.95. The lowest BCUT2D eigenvalue weighted by Crippen LogP contribution is -2.32. The standard InChI is InChI=1S/C12H18N2O3S/c1-8-3-5-13(6-4-8)12-10(14(16)17)7-11(18-12)9(2)15/h7-9,15H,3-6H2,1-2H3/t9-/m1/s1. The van der Waals surface area contributed by atoms with Gasteiger partial charge in [-0.1, -0.05) is 6.92 Å². The van der Waals surface area contributed by atoms with Crippen molar-refractivity contribution in [2.75, 3.05) is 18.0 Å². The van der Waals surface area contributed by atoms with Gasteiger partial charge in [-0.15, -0.1) is 11.3 Å². The van der Waals surface area contributed by atoms with E-state index in [1.54, 1.807) is 6.92 Å². The van der Waals surface area contributed by atoms with Crippen LogP contribution in [0.2, 0.25) is 0 Å². The molecule has 0 radical (unpaired) electrons. The maximum Gasteiger partial charge on any atom is 0.304 e.